The lowest BCUT2D eigenvalue weighted by Gasteiger charge is -2.11. The zero-order chi connectivity index (χ0) is 21.2. The minimum absolute atomic E-state index is 0.0299. The summed E-state index contributed by atoms with van der Waals surface area (Å²) in [7, 11) is -4.49. The van der Waals surface area contributed by atoms with Crippen LogP contribution in [0.4, 0.5) is 0 Å². The van der Waals surface area contributed by atoms with Crippen molar-refractivity contribution in [2.45, 2.75) is 0 Å². The van der Waals surface area contributed by atoms with Gasteiger partial charge in [0.2, 0.25) is 0 Å². The molecule has 0 aliphatic rings. The summed E-state index contributed by atoms with van der Waals surface area (Å²) in [5, 5.41) is 0. The lowest BCUT2D eigenvalue weighted by molar-refractivity contribution is 0.201. The molecule has 3 aromatic carbocycles. The Labute approximate surface area is 176 Å². The molecule has 0 atom stereocenters. The highest BCUT2D eigenvalue weighted by Crippen LogP contribution is 2.27. The van der Waals surface area contributed by atoms with Crippen molar-refractivity contribution in [1.82, 2.24) is 0 Å². The summed E-state index contributed by atoms with van der Waals surface area (Å²) in [4.78, 5) is 0. The third-order valence-corrected chi connectivity index (χ3v) is 4.63. The van der Waals surface area contributed by atoms with Gasteiger partial charge >= 0.3 is 10.4 Å². The number of hydrogen-bond acceptors (Lipinski definition) is 4. The predicted molar refractivity (Wildman–Crippen MR) is 120 cm³/mol. The maximum Gasteiger partial charge on any atom is 0.397 e. The third kappa shape index (κ3) is 7.00. The Morgan fingerprint density at radius 2 is 1.30 bits per heavy atom. The van der Waals surface area contributed by atoms with Crippen LogP contribution in [0.2, 0.25) is 0 Å². The molecular formula is C24H22O5S. The first-order chi connectivity index (χ1) is 14.5. The molecule has 0 aromatic heterocycles. The number of rotatable bonds is 9. The van der Waals surface area contributed by atoms with Gasteiger partial charge in [-0.1, -0.05) is 97.1 Å². The van der Waals surface area contributed by atoms with E-state index in [9.17, 15) is 8.42 Å². The van der Waals surface area contributed by atoms with Gasteiger partial charge in [-0.25, -0.2) is 4.18 Å². The average molecular weight is 423 g/mol. The summed E-state index contributed by atoms with van der Waals surface area (Å²) in [5.41, 5.74) is 3.91. The van der Waals surface area contributed by atoms with Gasteiger partial charge in [-0.15, -0.1) is 0 Å². The Hall–Kier alpha value is -3.19. The zero-order valence-electron chi connectivity index (χ0n) is 16.2. The number of ether oxygens (including phenoxy) is 1. The maximum absolute atomic E-state index is 10.7. The van der Waals surface area contributed by atoms with Crippen molar-refractivity contribution in [3.8, 4) is 5.75 Å². The highest BCUT2D eigenvalue weighted by Gasteiger charge is 2.08. The van der Waals surface area contributed by atoms with E-state index in [4.69, 9.17) is 9.29 Å². The maximum atomic E-state index is 10.7. The van der Waals surface area contributed by atoms with Gasteiger partial charge in [0.05, 0.1) is 0 Å². The van der Waals surface area contributed by atoms with Crippen molar-refractivity contribution in [3.05, 3.63) is 101 Å². The molecule has 0 aliphatic carbocycles. The van der Waals surface area contributed by atoms with E-state index in [0.717, 1.165) is 22.3 Å². The minimum Gasteiger partial charge on any atom is -0.490 e. The Balaban J connectivity index is 1.87. The van der Waals surface area contributed by atoms with E-state index >= 15 is 0 Å². The molecule has 1 N–H and O–H groups in total. The van der Waals surface area contributed by atoms with Crippen LogP contribution < -0.4 is 4.74 Å². The van der Waals surface area contributed by atoms with Gasteiger partial charge in [0.25, 0.3) is 0 Å². The highest BCUT2D eigenvalue weighted by molar-refractivity contribution is 7.80. The SMILES string of the molecule is O=S(=O)(O)OCCOc1cccc(C=Cc2ccccc2)c1C=Cc1ccccc1. The molecule has 154 valence electrons. The van der Waals surface area contributed by atoms with Crippen molar-refractivity contribution in [2.24, 2.45) is 0 Å². The van der Waals surface area contributed by atoms with E-state index < -0.39 is 10.4 Å². The fourth-order valence-corrected chi connectivity index (χ4v) is 3.07. The van der Waals surface area contributed by atoms with Gasteiger partial charge in [0.15, 0.2) is 0 Å². The monoisotopic (exact) mass is 422 g/mol. The fourth-order valence-electron chi connectivity index (χ4n) is 2.80. The second kappa shape index (κ2) is 10.5. The summed E-state index contributed by atoms with van der Waals surface area (Å²) < 4.78 is 40.1. The molecule has 0 fully saturated rings. The lowest BCUT2D eigenvalue weighted by Crippen LogP contribution is -2.12. The molecule has 0 bridgehead atoms. The molecule has 3 aromatic rings. The van der Waals surface area contributed by atoms with Gasteiger partial charge in [-0.05, 0) is 22.8 Å². The second-order valence-corrected chi connectivity index (χ2v) is 7.44. The van der Waals surface area contributed by atoms with Crippen LogP contribution in [0.15, 0.2) is 78.9 Å². The van der Waals surface area contributed by atoms with E-state index in [1.165, 1.54) is 0 Å². The Bertz CT molecular complexity index is 1100. The van der Waals surface area contributed by atoms with Gasteiger partial charge in [-0.3, -0.25) is 4.55 Å². The van der Waals surface area contributed by atoms with E-state index in [1.807, 2.05) is 97.1 Å². The first kappa shape index (κ1) is 21.5. The van der Waals surface area contributed by atoms with E-state index in [2.05, 4.69) is 4.18 Å². The van der Waals surface area contributed by atoms with Crippen molar-refractivity contribution in [3.63, 3.8) is 0 Å². The molecular weight excluding hydrogens is 400 g/mol. The van der Waals surface area contributed by atoms with Crippen LogP contribution in [0.3, 0.4) is 0 Å². The van der Waals surface area contributed by atoms with Gasteiger partial charge in [-0.2, -0.15) is 8.42 Å². The van der Waals surface area contributed by atoms with E-state index in [0.29, 0.717) is 5.75 Å². The standard InChI is InChI=1S/C24H22O5S/c25-30(26,27)29-19-18-28-24-13-7-12-22(16-14-20-8-3-1-4-9-20)23(24)17-15-21-10-5-2-6-11-21/h1-17H,18-19H2,(H,25,26,27). The largest absolute Gasteiger partial charge is 0.490 e. The van der Waals surface area contributed by atoms with Crippen LogP contribution in [0.1, 0.15) is 22.3 Å². The molecule has 0 saturated carbocycles. The molecule has 0 unspecified atom stereocenters. The van der Waals surface area contributed by atoms with Crippen LogP contribution in [-0.2, 0) is 14.6 Å². The number of benzene rings is 3. The molecule has 5 nitrogen and oxygen atoms in total. The molecule has 0 heterocycles. The second-order valence-electron chi connectivity index (χ2n) is 6.35. The molecule has 0 aliphatic heterocycles. The van der Waals surface area contributed by atoms with Gasteiger partial charge < -0.3 is 4.74 Å². The van der Waals surface area contributed by atoms with Crippen LogP contribution in [0.5, 0.6) is 5.75 Å². The first-order valence-electron chi connectivity index (χ1n) is 9.35. The quantitative estimate of drug-likeness (QED) is 0.291. The normalized spacial score (nSPS) is 11.9. The molecule has 0 saturated heterocycles. The summed E-state index contributed by atoms with van der Waals surface area (Å²) >= 11 is 0. The molecule has 6 heteroatoms. The van der Waals surface area contributed by atoms with Gasteiger partial charge in [0, 0.05) is 5.56 Å². The summed E-state index contributed by atoms with van der Waals surface area (Å²) in [6.45, 7) is -0.317. The lowest BCUT2D eigenvalue weighted by atomic mass is 10.0. The summed E-state index contributed by atoms with van der Waals surface area (Å²) in [6.07, 6.45) is 7.96. The molecule has 30 heavy (non-hydrogen) atoms. The van der Waals surface area contributed by atoms with Crippen LogP contribution in [0.25, 0.3) is 24.3 Å². The first-order valence-corrected chi connectivity index (χ1v) is 10.7. The van der Waals surface area contributed by atoms with Crippen molar-refractivity contribution < 1.29 is 21.9 Å². The molecule has 0 spiro atoms. The van der Waals surface area contributed by atoms with E-state index in [1.54, 1.807) is 6.07 Å². The minimum atomic E-state index is -4.49. The molecule has 0 radical (unpaired) electrons. The van der Waals surface area contributed by atoms with E-state index in [-0.39, 0.29) is 13.2 Å². The van der Waals surface area contributed by atoms with Crippen molar-refractivity contribution in [1.29, 1.82) is 0 Å². The smallest absolute Gasteiger partial charge is 0.397 e. The highest BCUT2D eigenvalue weighted by atomic mass is 32.3. The van der Waals surface area contributed by atoms with Crippen LogP contribution in [0, 0.1) is 0 Å². The third-order valence-electron chi connectivity index (χ3n) is 4.17. The van der Waals surface area contributed by atoms with Crippen LogP contribution >= 0.6 is 0 Å². The topological polar surface area (TPSA) is 72.8 Å². The summed E-state index contributed by atoms with van der Waals surface area (Å²) in [5.74, 6) is 0.580. The van der Waals surface area contributed by atoms with Crippen molar-refractivity contribution in [2.75, 3.05) is 13.2 Å². The molecule has 3 rings (SSSR count). The van der Waals surface area contributed by atoms with Crippen LogP contribution in [-0.4, -0.2) is 26.2 Å². The zero-order valence-corrected chi connectivity index (χ0v) is 17.0. The fraction of sp³-hybridized carbons (Fsp3) is 0.0833. The van der Waals surface area contributed by atoms with Gasteiger partial charge in [0.1, 0.15) is 19.0 Å². The Kier molecular flexibility index (Phi) is 7.57. The average Bonchev–Trinajstić information content (AvgIpc) is 2.75. The predicted octanol–water partition coefficient (Wildman–Crippen LogP) is 5.23. The van der Waals surface area contributed by atoms with Crippen molar-refractivity contribution >= 4 is 34.7 Å². The number of hydrogen-bond donors (Lipinski definition) is 1. The summed E-state index contributed by atoms with van der Waals surface area (Å²) in [6, 6.07) is 25.5. The molecule has 0 amide bonds. The Morgan fingerprint density at radius 3 is 1.90 bits per heavy atom. The Morgan fingerprint density at radius 1 is 0.700 bits per heavy atom.